The Hall–Kier alpha value is -4.28. The maximum atomic E-state index is 12.8. The number of hydrogen-bond donors (Lipinski definition) is 1. The van der Waals surface area contributed by atoms with Crippen molar-refractivity contribution in [1.29, 1.82) is 5.41 Å². The van der Waals surface area contributed by atoms with Gasteiger partial charge in [-0.25, -0.2) is 4.79 Å². The summed E-state index contributed by atoms with van der Waals surface area (Å²) in [6, 6.07) is 15.2. The molecule has 0 unspecified atom stereocenters. The van der Waals surface area contributed by atoms with Crippen molar-refractivity contribution < 1.29 is 19.1 Å². The molecule has 1 amide bonds. The van der Waals surface area contributed by atoms with Crippen molar-refractivity contribution in [2.24, 2.45) is 10.1 Å². The molecule has 2 aliphatic rings. The van der Waals surface area contributed by atoms with E-state index >= 15 is 0 Å². The van der Waals surface area contributed by atoms with Gasteiger partial charge in [0.2, 0.25) is 5.17 Å². The summed E-state index contributed by atoms with van der Waals surface area (Å²) in [5.74, 6) is -1.02. The molecule has 1 aromatic heterocycles. The van der Waals surface area contributed by atoms with Crippen LogP contribution in [0.15, 0.2) is 82.7 Å². The molecule has 3 heterocycles. The van der Waals surface area contributed by atoms with Crippen molar-refractivity contribution >= 4 is 57.4 Å². The second kappa shape index (κ2) is 10.4. The zero-order chi connectivity index (χ0) is 25.9. The van der Waals surface area contributed by atoms with Crippen LogP contribution in [0.2, 0.25) is 5.02 Å². The van der Waals surface area contributed by atoms with Crippen molar-refractivity contribution in [3.63, 3.8) is 0 Å². The summed E-state index contributed by atoms with van der Waals surface area (Å²) in [4.78, 5) is 33.6. The van der Waals surface area contributed by atoms with Crippen LogP contribution < -0.4 is 9.47 Å². The molecule has 0 saturated carbocycles. The fraction of sp³-hybridized carbons (Fsp3) is 0.0769. The lowest BCUT2D eigenvalue weighted by molar-refractivity contribution is -0.114. The van der Waals surface area contributed by atoms with Gasteiger partial charge >= 0.3 is 5.97 Å². The van der Waals surface area contributed by atoms with E-state index in [-0.39, 0.29) is 34.5 Å². The molecule has 1 N–H and O–H groups in total. The SMILES string of the molecule is CCOc1cc(C=C2C(=N)N3N=C(c4cccnc4)SC3=NC2=O)cc(Cl)c1OC(=O)c1ccccc1. The topological polar surface area (TPSA) is 117 Å². The van der Waals surface area contributed by atoms with Crippen LogP contribution in [0.3, 0.4) is 0 Å². The van der Waals surface area contributed by atoms with Crippen molar-refractivity contribution in [3.8, 4) is 11.5 Å². The zero-order valence-electron chi connectivity index (χ0n) is 19.3. The lowest BCUT2D eigenvalue weighted by Crippen LogP contribution is -2.35. The highest BCUT2D eigenvalue weighted by Gasteiger charge is 2.36. The first-order valence-electron chi connectivity index (χ1n) is 11.1. The molecule has 2 aliphatic heterocycles. The van der Waals surface area contributed by atoms with Gasteiger partial charge in [0.1, 0.15) is 5.04 Å². The molecule has 0 spiro atoms. The zero-order valence-corrected chi connectivity index (χ0v) is 20.9. The molecule has 0 atom stereocenters. The molecule has 0 radical (unpaired) electrons. The van der Waals surface area contributed by atoms with Gasteiger partial charge in [-0.1, -0.05) is 29.8 Å². The number of ether oxygens (including phenoxy) is 2. The number of hydrogen-bond acceptors (Lipinski definition) is 8. The van der Waals surface area contributed by atoms with E-state index in [1.54, 1.807) is 61.8 Å². The number of nitrogens with zero attached hydrogens (tertiary/aromatic N) is 4. The highest BCUT2D eigenvalue weighted by atomic mass is 35.5. The number of halogens is 1. The van der Waals surface area contributed by atoms with Crippen LogP contribution in [0.1, 0.15) is 28.4 Å². The fourth-order valence-electron chi connectivity index (χ4n) is 3.52. The molecule has 0 aliphatic carbocycles. The van der Waals surface area contributed by atoms with Crippen LogP contribution in [-0.4, -0.2) is 44.5 Å². The minimum atomic E-state index is -0.588. The maximum Gasteiger partial charge on any atom is 0.343 e. The molecular weight excluding hydrogens is 514 g/mol. The number of hydrazone groups is 1. The molecular formula is C26H18ClN5O4S. The van der Waals surface area contributed by atoms with E-state index in [0.717, 1.165) is 5.56 Å². The number of aliphatic imine (C=N–C) groups is 1. The van der Waals surface area contributed by atoms with Gasteiger partial charge < -0.3 is 9.47 Å². The number of esters is 1. The predicted molar refractivity (Wildman–Crippen MR) is 142 cm³/mol. The smallest absolute Gasteiger partial charge is 0.343 e. The van der Waals surface area contributed by atoms with Gasteiger partial charge in [-0.3, -0.25) is 15.2 Å². The number of carbonyl (C=O) groups is 2. The number of amides is 1. The molecule has 9 nitrogen and oxygen atoms in total. The monoisotopic (exact) mass is 531 g/mol. The molecule has 3 aromatic rings. The van der Waals surface area contributed by atoms with Crippen molar-refractivity contribution in [2.75, 3.05) is 6.61 Å². The van der Waals surface area contributed by atoms with Crippen molar-refractivity contribution in [1.82, 2.24) is 9.99 Å². The summed E-state index contributed by atoms with van der Waals surface area (Å²) < 4.78 is 11.2. The molecule has 184 valence electrons. The van der Waals surface area contributed by atoms with Gasteiger partial charge in [0, 0.05) is 18.0 Å². The number of thioether (sulfide) groups is 1. The lowest BCUT2D eigenvalue weighted by Gasteiger charge is -2.20. The Morgan fingerprint density at radius 3 is 2.73 bits per heavy atom. The van der Waals surface area contributed by atoms with E-state index in [9.17, 15) is 9.59 Å². The third-order valence-corrected chi connectivity index (χ3v) is 6.45. The normalized spacial score (nSPS) is 15.8. The minimum Gasteiger partial charge on any atom is -0.490 e. The number of carbonyl (C=O) groups excluding carboxylic acids is 2. The maximum absolute atomic E-state index is 12.8. The van der Waals surface area contributed by atoms with E-state index in [1.165, 1.54) is 28.9 Å². The number of nitrogens with one attached hydrogen (secondary N) is 1. The van der Waals surface area contributed by atoms with Gasteiger partial charge in [0.05, 0.1) is 22.8 Å². The Labute approximate surface area is 221 Å². The Kier molecular flexibility index (Phi) is 6.85. The average Bonchev–Trinajstić information content (AvgIpc) is 3.34. The van der Waals surface area contributed by atoms with Crippen molar-refractivity contribution in [3.05, 3.63) is 94.3 Å². The molecule has 0 saturated heterocycles. The lowest BCUT2D eigenvalue weighted by atomic mass is 10.1. The van der Waals surface area contributed by atoms with Gasteiger partial charge in [-0.05, 0) is 66.7 Å². The van der Waals surface area contributed by atoms with Crippen LogP contribution in [0, 0.1) is 5.41 Å². The number of pyridine rings is 1. The summed E-state index contributed by atoms with van der Waals surface area (Å²) in [5, 5.41) is 15.3. The minimum absolute atomic E-state index is 0.0214. The Morgan fingerprint density at radius 2 is 2.00 bits per heavy atom. The first kappa shape index (κ1) is 24.4. The molecule has 37 heavy (non-hydrogen) atoms. The summed E-state index contributed by atoms with van der Waals surface area (Å²) in [6.45, 7) is 2.06. The van der Waals surface area contributed by atoms with E-state index < -0.39 is 11.9 Å². The predicted octanol–water partition coefficient (Wildman–Crippen LogP) is 5.02. The number of aromatic nitrogens is 1. The van der Waals surface area contributed by atoms with E-state index in [1.807, 2.05) is 6.07 Å². The summed E-state index contributed by atoms with van der Waals surface area (Å²) >= 11 is 7.66. The Morgan fingerprint density at radius 1 is 1.19 bits per heavy atom. The van der Waals surface area contributed by atoms with Crippen LogP contribution in [0.25, 0.3) is 6.08 Å². The summed E-state index contributed by atoms with van der Waals surface area (Å²) in [5.41, 5.74) is 1.59. The Balaban J connectivity index is 1.46. The molecule has 0 bridgehead atoms. The first-order chi connectivity index (χ1) is 17.9. The average molecular weight is 532 g/mol. The van der Waals surface area contributed by atoms with Crippen LogP contribution in [0.5, 0.6) is 11.5 Å². The van der Waals surface area contributed by atoms with Gasteiger partial charge in [0.15, 0.2) is 17.3 Å². The highest BCUT2D eigenvalue weighted by Crippen LogP contribution is 2.38. The number of fused-ring (bicyclic) bond motifs is 1. The standard InChI is InChI=1S/C26H18ClN5O4S/c1-2-35-20-13-15(12-19(27)21(20)36-25(34)16-7-4-3-5-8-16)11-18-22(28)32-26(30-23(18)33)37-24(31-32)17-9-6-10-29-14-17/h3-14,28H,2H2,1H3. The summed E-state index contributed by atoms with van der Waals surface area (Å²) in [6.07, 6.45) is 4.78. The van der Waals surface area contributed by atoms with Gasteiger partial charge in [-0.15, -0.1) is 0 Å². The third kappa shape index (κ3) is 5.02. The van der Waals surface area contributed by atoms with Gasteiger partial charge in [0.25, 0.3) is 5.91 Å². The quantitative estimate of drug-likeness (QED) is 0.269. The van der Waals surface area contributed by atoms with Crippen molar-refractivity contribution in [2.45, 2.75) is 6.92 Å². The van der Waals surface area contributed by atoms with Crippen LogP contribution in [-0.2, 0) is 4.79 Å². The largest absolute Gasteiger partial charge is 0.490 e. The molecule has 5 rings (SSSR count). The summed E-state index contributed by atoms with van der Waals surface area (Å²) in [7, 11) is 0. The molecule has 11 heteroatoms. The second-order valence-electron chi connectivity index (χ2n) is 7.69. The van der Waals surface area contributed by atoms with E-state index in [2.05, 4.69) is 15.1 Å². The number of amidine groups is 2. The molecule has 2 aromatic carbocycles. The van der Waals surface area contributed by atoms with E-state index in [4.69, 9.17) is 26.5 Å². The van der Waals surface area contributed by atoms with Crippen LogP contribution in [0.4, 0.5) is 0 Å². The van der Waals surface area contributed by atoms with Gasteiger partial charge in [-0.2, -0.15) is 15.1 Å². The third-order valence-electron chi connectivity index (χ3n) is 5.21. The first-order valence-corrected chi connectivity index (χ1v) is 12.3. The highest BCUT2D eigenvalue weighted by molar-refractivity contribution is 8.27. The number of rotatable bonds is 6. The van der Waals surface area contributed by atoms with E-state index in [0.29, 0.717) is 21.3 Å². The number of benzene rings is 2. The second-order valence-corrected chi connectivity index (χ2v) is 9.05. The molecule has 0 fully saturated rings. The Bertz CT molecular complexity index is 1510. The van der Waals surface area contributed by atoms with Crippen LogP contribution >= 0.6 is 23.4 Å². The fourth-order valence-corrected chi connectivity index (χ4v) is 4.66.